The van der Waals surface area contributed by atoms with Crippen molar-refractivity contribution in [2.24, 2.45) is 4.99 Å². The average molecular weight is 455 g/mol. The molecule has 0 saturated carbocycles. The molecule has 0 saturated heterocycles. The Labute approximate surface area is 200 Å². The SMILES string of the molecule is COc1ccc2c(c1)C(CC(=O)c1cccc(NC(=O)c3c(C)cccc3C)c1)=NC(C)(C)C2. The Balaban J connectivity index is 1.57. The number of rotatable bonds is 6. The minimum absolute atomic E-state index is 0.0478. The van der Waals surface area contributed by atoms with Crippen molar-refractivity contribution in [1.29, 1.82) is 0 Å². The molecule has 0 bridgehead atoms. The maximum atomic E-state index is 13.3. The zero-order chi connectivity index (χ0) is 24.5. The summed E-state index contributed by atoms with van der Waals surface area (Å²) in [6, 6.07) is 18.8. The number of ketones is 1. The van der Waals surface area contributed by atoms with Crippen molar-refractivity contribution in [3.8, 4) is 5.75 Å². The second kappa shape index (κ2) is 9.26. The first-order valence-electron chi connectivity index (χ1n) is 11.4. The average Bonchev–Trinajstić information content (AvgIpc) is 2.78. The van der Waals surface area contributed by atoms with Crippen LogP contribution >= 0.6 is 0 Å². The summed E-state index contributed by atoms with van der Waals surface area (Å²) in [6.07, 6.45) is 0.988. The summed E-state index contributed by atoms with van der Waals surface area (Å²) in [5.41, 5.74) is 6.22. The molecule has 1 aliphatic rings. The monoisotopic (exact) mass is 454 g/mol. The fourth-order valence-electron chi connectivity index (χ4n) is 4.56. The van der Waals surface area contributed by atoms with Gasteiger partial charge in [0.1, 0.15) is 5.75 Å². The molecule has 0 atom stereocenters. The Bertz CT molecular complexity index is 1280. The third-order valence-corrected chi connectivity index (χ3v) is 6.17. The number of hydrogen-bond donors (Lipinski definition) is 1. The summed E-state index contributed by atoms with van der Waals surface area (Å²) in [6.45, 7) is 7.99. The standard InChI is InChI=1S/C29H30N2O3/c1-18-8-6-9-19(2)27(18)28(33)30-22-11-7-10-20(14-22)26(32)16-25-24-15-23(34-5)13-12-21(24)17-29(3,4)31-25/h6-15H,16-17H2,1-5H3,(H,30,33). The van der Waals surface area contributed by atoms with Gasteiger partial charge >= 0.3 is 0 Å². The van der Waals surface area contributed by atoms with Gasteiger partial charge in [0, 0.05) is 22.4 Å². The van der Waals surface area contributed by atoms with Crippen LogP contribution in [0.15, 0.2) is 65.7 Å². The summed E-state index contributed by atoms with van der Waals surface area (Å²) in [7, 11) is 1.63. The van der Waals surface area contributed by atoms with Gasteiger partial charge in [-0.25, -0.2) is 0 Å². The lowest BCUT2D eigenvalue weighted by molar-refractivity contribution is 0.0996. The summed E-state index contributed by atoms with van der Waals surface area (Å²) < 4.78 is 5.40. The van der Waals surface area contributed by atoms with Crippen LogP contribution in [0.5, 0.6) is 5.75 Å². The van der Waals surface area contributed by atoms with Crippen LogP contribution in [-0.4, -0.2) is 30.1 Å². The molecule has 1 heterocycles. The van der Waals surface area contributed by atoms with Crippen LogP contribution < -0.4 is 10.1 Å². The van der Waals surface area contributed by atoms with Crippen LogP contribution in [0.25, 0.3) is 0 Å². The lowest BCUT2D eigenvalue weighted by Gasteiger charge is -2.29. The molecule has 1 aliphatic heterocycles. The summed E-state index contributed by atoms with van der Waals surface area (Å²) in [5.74, 6) is 0.517. The van der Waals surface area contributed by atoms with Gasteiger partial charge in [0.25, 0.3) is 5.91 Å². The van der Waals surface area contributed by atoms with Crippen LogP contribution in [0, 0.1) is 13.8 Å². The zero-order valence-electron chi connectivity index (χ0n) is 20.4. The summed E-state index contributed by atoms with van der Waals surface area (Å²) in [4.78, 5) is 31.1. The largest absolute Gasteiger partial charge is 0.497 e. The van der Waals surface area contributed by atoms with E-state index in [1.165, 1.54) is 5.56 Å². The molecule has 0 radical (unpaired) electrons. The first-order valence-corrected chi connectivity index (χ1v) is 11.4. The van der Waals surface area contributed by atoms with E-state index in [-0.39, 0.29) is 23.7 Å². The van der Waals surface area contributed by atoms with Crippen molar-refractivity contribution in [2.75, 3.05) is 12.4 Å². The highest BCUT2D eigenvalue weighted by Crippen LogP contribution is 2.31. The normalized spacial score (nSPS) is 14.1. The van der Waals surface area contributed by atoms with Crippen LogP contribution in [0.4, 0.5) is 5.69 Å². The molecule has 1 N–H and O–H groups in total. The second-order valence-corrected chi connectivity index (χ2v) is 9.47. The molecule has 3 aromatic carbocycles. The molecule has 0 unspecified atom stereocenters. The number of methoxy groups -OCH3 is 1. The van der Waals surface area contributed by atoms with E-state index in [9.17, 15) is 9.59 Å². The highest BCUT2D eigenvalue weighted by Gasteiger charge is 2.28. The van der Waals surface area contributed by atoms with Crippen LogP contribution in [-0.2, 0) is 6.42 Å². The number of ether oxygens (including phenoxy) is 1. The highest BCUT2D eigenvalue weighted by molar-refractivity contribution is 6.17. The second-order valence-electron chi connectivity index (χ2n) is 9.47. The molecule has 5 heteroatoms. The number of carbonyl (C=O) groups is 2. The Morgan fingerprint density at radius 1 is 1.00 bits per heavy atom. The van der Waals surface area contributed by atoms with E-state index in [1.807, 2.05) is 44.2 Å². The number of nitrogens with one attached hydrogen (secondary N) is 1. The number of aliphatic imine (C=N–C) groups is 1. The molecule has 174 valence electrons. The van der Waals surface area contributed by atoms with E-state index in [1.54, 1.807) is 31.4 Å². The molecular formula is C29H30N2O3. The van der Waals surface area contributed by atoms with E-state index < -0.39 is 0 Å². The first-order chi connectivity index (χ1) is 16.2. The van der Waals surface area contributed by atoms with Gasteiger partial charge in [0.05, 0.1) is 24.8 Å². The third-order valence-electron chi connectivity index (χ3n) is 6.17. The number of fused-ring (bicyclic) bond motifs is 1. The zero-order valence-corrected chi connectivity index (χ0v) is 20.4. The van der Waals surface area contributed by atoms with Crippen LogP contribution in [0.2, 0.25) is 0 Å². The van der Waals surface area contributed by atoms with E-state index in [0.717, 1.165) is 34.6 Å². The van der Waals surface area contributed by atoms with E-state index in [0.29, 0.717) is 16.8 Å². The van der Waals surface area contributed by atoms with Gasteiger partial charge in [-0.05, 0) is 75.1 Å². The number of Topliss-reactive ketones (excluding diaryl/α,β-unsaturated/α-hetero) is 1. The van der Waals surface area contributed by atoms with Crippen molar-refractivity contribution >= 4 is 23.1 Å². The predicted octanol–water partition coefficient (Wildman–Crippen LogP) is 5.96. The summed E-state index contributed by atoms with van der Waals surface area (Å²) in [5, 5.41) is 2.94. The number of nitrogens with zero attached hydrogens (tertiary/aromatic N) is 1. The minimum Gasteiger partial charge on any atom is -0.497 e. The van der Waals surface area contributed by atoms with Gasteiger partial charge in [-0.1, -0.05) is 36.4 Å². The molecule has 0 aliphatic carbocycles. The number of aryl methyl sites for hydroxylation is 2. The molecule has 0 aromatic heterocycles. The molecule has 5 nitrogen and oxygen atoms in total. The van der Waals surface area contributed by atoms with Crippen molar-refractivity contribution in [3.05, 3.63) is 94.0 Å². The fourth-order valence-corrected chi connectivity index (χ4v) is 4.56. The number of amides is 1. The highest BCUT2D eigenvalue weighted by atomic mass is 16.5. The Hall–Kier alpha value is -3.73. The lowest BCUT2D eigenvalue weighted by atomic mass is 9.85. The van der Waals surface area contributed by atoms with Crippen molar-refractivity contribution in [1.82, 2.24) is 0 Å². The van der Waals surface area contributed by atoms with E-state index in [4.69, 9.17) is 9.73 Å². The Morgan fingerprint density at radius 2 is 1.71 bits per heavy atom. The maximum absolute atomic E-state index is 13.3. The van der Waals surface area contributed by atoms with Gasteiger partial charge in [-0.3, -0.25) is 14.6 Å². The van der Waals surface area contributed by atoms with E-state index >= 15 is 0 Å². The number of carbonyl (C=O) groups excluding carboxylic acids is 2. The van der Waals surface area contributed by atoms with E-state index in [2.05, 4.69) is 25.2 Å². The Kier molecular flexibility index (Phi) is 6.38. The summed E-state index contributed by atoms with van der Waals surface area (Å²) >= 11 is 0. The topological polar surface area (TPSA) is 67.8 Å². The molecule has 0 fully saturated rings. The Morgan fingerprint density at radius 3 is 2.41 bits per heavy atom. The van der Waals surface area contributed by atoms with Crippen LogP contribution in [0.1, 0.15) is 63.2 Å². The smallest absolute Gasteiger partial charge is 0.256 e. The van der Waals surface area contributed by atoms with Gasteiger partial charge in [-0.2, -0.15) is 0 Å². The molecule has 0 spiro atoms. The molecular weight excluding hydrogens is 424 g/mol. The molecule has 1 amide bonds. The quantitative estimate of drug-likeness (QED) is 0.467. The number of benzene rings is 3. The van der Waals surface area contributed by atoms with Gasteiger partial charge in [0.15, 0.2) is 5.78 Å². The van der Waals surface area contributed by atoms with Crippen LogP contribution in [0.3, 0.4) is 0 Å². The van der Waals surface area contributed by atoms with Crippen molar-refractivity contribution < 1.29 is 14.3 Å². The molecule has 4 rings (SSSR count). The third kappa shape index (κ3) is 4.93. The minimum atomic E-state index is -0.279. The maximum Gasteiger partial charge on any atom is 0.256 e. The van der Waals surface area contributed by atoms with Crippen molar-refractivity contribution in [2.45, 2.75) is 46.1 Å². The fraction of sp³-hybridized carbons (Fsp3) is 0.276. The number of anilines is 1. The molecule has 3 aromatic rings. The van der Waals surface area contributed by atoms with Gasteiger partial charge in [0.2, 0.25) is 0 Å². The van der Waals surface area contributed by atoms with Gasteiger partial charge in [-0.15, -0.1) is 0 Å². The lowest BCUT2D eigenvalue weighted by Crippen LogP contribution is -2.30. The predicted molar refractivity (Wildman–Crippen MR) is 137 cm³/mol. The first kappa shape index (κ1) is 23.4. The number of hydrogen-bond acceptors (Lipinski definition) is 4. The van der Waals surface area contributed by atoms with Gasteiger partial charge < -0.3 is 10.1 Å². The molecule has 34 heavy (non-hydrogen) atoms. The van der Waals surface area contributed by atoms with Crippen molar-refractivity contribution in [3.63, 3.8) is 0 Å².